The molecule has 0 aromatic carbocycles. The van der Waals surface area contributed by atoms with Crippen molar-refractivity contribution in [1.82, 2.24) is 19.9 Å². The van der Waals surface area contributed by atoms with Crippen LogP contribution in [-0.4, -0.2) is 43.7 Å². The SMILES string of the molecule is Cn1cc(CN2CCC(C)(O)C2)nn1. The maximum absolute atomic E-state index is 9.77. The Labute approximate surface area is 83.3 Å². The van der Waals surface area contributed by atoms with Gasteiger partial charge >= 0.3 is 0 Å². The van der Waals surface area contributed by atoms with Crippen molar-refractivity contribution in [3.63, 3.8) is 0 Å². The monoisotopic (exact) mass is 196 g/mol. The van der Waals surface area contributed by atoms with E-state index in [0.717, 1.165) is 31.7 Å². The summed E-state index contributed by atoms with van der Waals surface area (Å²) in [6.45, 7) is 4.32. The second-order valence-electron chi connectivity index (χ2n) is 4.34. The number of aryl methyl sites for hydroxylation is 1. The van der Waals surface area contributed by atoms with Crippen LogP contribution in [0.3, 0.4) is 0 Å². The predicted molar refractivity (Wildman–Crippen MR) is 51.5 cm³/mol. The highest BCUT2D eigenvalue weighted by Crippen LogP contribution is 2.21. The second-order valence-corrected chi connectivity index (χ2v) is 4.34. The molecule has 1 aromatic heterocycles. The number of hydrogen-bond donors (Lipinski definition) is 1. The van der Waals surface area contributed by atoms with Crippen LogP contribution >= 0.6 is 0 Å². The van der Waals surface area contributed by atoms with E-state index in [-0.39, 0.29) is 0 Å². The fraction of sp³-hybridized carbons (Fsp3) is 0.778. The van der Waals surface area contributed by atoms with Gasteiger partial charge in [-0.3, -0.25) is 9.58 Å². The standard InChI is InChI=1S/C9H16N4O/c1-9(14)3-4-13(7-9)6-8-5-12(2)11-10-8/h5,14H,3-4,6-7H2,1-2H3. The average Bonchev–Trinajstić information content (AvgIpc) is 2.59. The molecule has 1 saturated heterocycles. The molecular formula is C9H16N4O. The van der Waals surface area contributed by atoms with Gasteiger partial charge in [0.1, 0.15) is 0 Å². The van der Waals surface area contributed by atoms with E-state index in [1.165, 1.54) is 0 Å². The van der Waals surface area contributed by atoms with E-state index >= 15 is 0 Å². The molecule has 0 radical (unpaired) electrons. The highest BCUT2D eigenvalue weighted by molar-refractivity contribution is 4.95. The van der Waals surface area contributed by atoms with Crippen molar-refractivity contribution >= 4 is 0 Å². The van der Waals surface area contributed by atoms with Crippen LogP contribution < -0.4 is 0 Å². The van der Waals surface area contributed by atoms with E-state index in [4.69, 9.17) is 0 Å². The van der Waals surface area contributed by atoms with Gasteiger partial charge in [0.2, 0.25) is 0 Å². The number of aliphatic hydroxyl groups is 1. The van der Waals surface area contributed by atoms with Crippen LogP contribution in [0.5, 0.6) is 0 Å². The third kappa shape index (κ3) is 2.10. The van der Waals surface area contributed by atoms with Gasteiger partial charge in [-0.05, 0) is 13.3 Å². The molecule has 1 fully saturated rings. The van der Waals surface area contributed by atoms with Gasteiger partial charge in [-0.25, -0.2) is 0 Å². The first-order valence-corrected chi connectivity index (χ1v) is 4.85. The van der Waals surface area contributed by atoms with Crippen molar-refractivity contribution in [2.75, 3.05) is 13.1 Å². The molecule has 1 aliphatic rings. The topological polar surface area (TPSA) is 54.2 Å². The Morgan fingerprint density at radius 1 is 1.64 bits per heavy atom. The largest absolute Gasteiger partial charge is 0.389 e. The van der Waals surface area contributed by atoms with E-state index in [9.17, 15) is 5.11 Å². The minimum Gasteiger partial charge on any atom is -0.389 e. The molecule has 5 heteroatoms. The lowest BCUT2D eigenvalue weighted by Gasteiger charge is -2.17. The summed E-state index contributed by atoms with van der Waals surface area (Å²) >= 11 is 0. The molecule has 2 rings (SSSR count). The van der Waals surface area contributed by atoms with Crippen LogP contribution in [0.2, 0.25) is 0 Å². The van der Waals surface area contributed by atoms with E-state index in [1.54, 1.807) is 4.68 Å². The Bertz CT molecular complexity index is 320. The number of β-amino-alcohol motifs (C(OH)–C–C–N with tert-alkyl or cyclic N) is 1. The van der Waals surface area contributed by atoms with Crippen LogP contribution in [-0.2, 0) is 13.6 Å². The normalized spacial score (nSPS) is 28.5. The minimum absolute atomic E-state index is 0.526. The molecule has 0 spiro atoms. The molecule has 0 bridgehead atoms. The summed E-state index contributed by atoms with van der Waals surface area (Å²) in [5, 5.41) is 17.7. The zero-order chi connectivity index (χ0) is 10.2. The third-order valence-corrected chi connectivity index (χ3v) is 2.57. The zero-order valence-electron chi connectivity index (χ0n) is 8.64. The molecule has 0 saturated carbocycles. The molecule has 0 aliphatic carbocycles. The molecule has 1 aliphatic heterocycles. The Kier molecular flexibility index (Phi) is 2.28. The molecular weight excluding hydrogens is 180 g/mol. The van der Waals surface area contributed by atoms with E-state index in [1.807, 2.05) is 20.2 Å². The van der Waals surface area contributed by atoms with Crippen LogP contribution in [0, 0.1) is 0 Å². The molecule has 78 valence electrons. The van der Waals surface area contributed by atoms with Gasteiger partial charge in [0.15, 0.2) is 0 Å². The Morgan fingerprint density at radius 2 is 2.43 bits per heavy atom. The lowest BCUT2D eigenvalue weighted by Crippen LogP contribution is -2.29. The van der Waals surface area contributed by atoms with Crippen molar-refractivity contribution in [3.8, 4) is 0 Å². The van der Waals surface area contributed by atoms with Crippen molar-refractivity contribution in [2.24, 2.45) is 7.05 Å². The zero-order valence-corrected chi connectivity index (χ0v) is 8.64. The summed E-state index contributed by atoms with van der Waals surface area (Å²) in [4.78, 5) is 2.20. The summed E-state index contributed by atoms with van der Waals surface area (Å²) in [6.07, 6.45) is 2.75. The average molecular weight is 196 g/mol. The Morgan fingerprint density at radius 3 is 2.93 bits per heavy atom. The molecule has 2 heterocycles. The molecule has 1 N–H and O–H groups in total. The van der Waals surface area contributed by atoms with Crippen molar-refractivity contribution in [3.05, 3.63) is 11.9 Å². The number of hydrogen-bond acceptors (Lipinski definition) is 4. The maximum Gasteiger partial charge on any atom is 0.0967 e. The third-order valence-electron chi connectivity index (χ3n) is 2.57. The molecule has 1 atom stereocenters. The van der Waals surface area contributed by atoms with E-state index in [2.05, 4.69) is 15.2 Å². The summed E-state index contributed by atoms with van der Waals surface area (Å²) in [5.74, 6) is 0. The van der Waals surface area contributed by atoms with Gasteiger partial charge in [0.05, 0.1) is 11.3 Å². The number of nitrogens with zero attached hydrogens (tertiary/aromatic N) is 4. The fourth-order valence-electron chi connectivity index (χ4n) is 1.87. The van der Waals surface area contributed by atoms with Crippen LogP contribution in [0.1, 0.15) is 19.0 Å². The molecule has 1 aromatic rings. The molecule has 1 unspecified atom stereocenters. The fourth-order valence-corrected chi connectivity index (χ4v) is 1.87. The summed E-state index contributed by atoms with van der Waals surface area (Å²) < 4.78 is 1.70. The van der Waals surface area contributed by atoms with Gasteiger partial charge in [0.25, 0.3) is 0 Å². The number of likely N-dealkylation sites (tertiary alicyclic amines) is 1. The predicted octanol–water partition coefficient (Wildman–Crippen LogP) is -0.228. The van der Waals surface area contributed by atoms with Crippen molar-refractivity contribution in [1.29, 1.82) is 0 Å². The number of rotatable bonds is 2. The highest BCUT2D eigenvalue weighted by Gasteiger charge is 2.31. The first-order chi connectivity index (χ1) is 6.55. The quantitative estimate of drug-likeness (QED) is 0.710. The number of aromatic nitrogens is 3. The molecule has 5 nitrogen and oxygen atoms in total. The minimum atomic E-state index is -0.526. The van der Waals surface area contributed by atoms with Gasteiger partial charge < -0.3 is 5.11 Å². The smallest absolute Gasteiger partial charge is 0.0967 e. The first-order valence-electron chi connectivity index (χ1n) is 4.85. The first kappa shape index (κ1) is 9.61. The van der Waals surface area contributed by atoms with Gasteiger partial charge in [-0.1, -0.05) is 5.21 Å². The summed E-state index contributed by atoms with van der Waals surface area (Å²) in [5.41, 5.74) is 0.438. The Hall–Kier alpha value is -0.940. The highest BCUT2D eigenvalue weighted by atomic mass is 16.3. The van der Waals surface area contributed by atoms with Gasteiger partial charge in [-0.2, -0.15) is 0 Å². The summed E-state index contributed by atoms with van der Waals surface area (Å²) in [6, 6.07) is 0. The molecule has 0 amide bonds. The lowest BCUT2D eigenvalue weighted by molar-refractivity contribution is 0.0677. The lowest BCUT2D eigenvalue weighted by atomic mass is 10.1. The van der Waals surface area contributed by atoms with Crippen LogP contribution in [0.15, 0.2) is 6.20 Å². The van der Waals surface area contributed by atoms with E-state index < -0.39 is 5.60 Å². The van der Waals surface area contributed by atoms with Crippen molar-refractivity contribution < 1.29 is 5.11 Å². The Balaban J connectivity index is 1.94. The molecule has 14 heavy (non-hydrogen) atoms. The van der Waals surface area contributed by atoms with Gasteiger partial charge in [0, 0.05) is 32.9 Å². The summed E-state index contributed by atoms with van der Waals surface area (Å²) in [7, 11) is 1.86. The maximum atomic E-state index is 9.77. The van der Waals surface area contributed by atoms with Crippen LogP contribution in [0.4, 0.5) is 0 Å². The van der Waals surface area contributed by atoms with E-state index in [0.29, 0.717) is 0 Å². The van der Waals surface area contributed by atoms with Crippen LogP contribution in [0.25, 0.3) is 0 Å². The van der Waals surface area contributed by atoms with Crippen molar-refractivity contribution in [2.45, 2.75) is 25.5 Å². The van der Waals surface area contributed by atoms with Gasteiger partial charge in [-0.15, -0.1) is 5.10 Å². The second kappa shape index (κ2) is 3.33.